The number of hydrogen-bond donors (Lipinski definition) is 1. The Morgan fingerprint density at radius 3 is 2.87 bits per heavy atom. The highest BCUT2D eigenvalue weighted by atomic mass is 16.5. The molecule has 1 rings (SSSR count). The number of aryl methyl sites for hydroxylation is 1. The van der Waals surface area contributed by atoms with Gasteiger partial charge in [-0.05, 0) is 6.42 Å². The third kappa shape index (κ3) is 3.28. The molecular formula is C10H19N3O2. The van der Waals surface area contributed by atoms with Crippen molar-refractivity contribution >= 4 is 0 Å². The molecule has 0 bridgehead atoms. The van der Waals surface area contributed by atoms with Gasteiger partial charge in [0.05, 0.1) is 12.6 Å². The van der Waals surface area contributed by atoms with Gasteiger partial charge in [0.15, 0.2) is 5.82 Å². The molecule has 86 valence electrons. The van der Waals surface area contributed by atoms with Gasteiger partial charge < -0.3 is 15.0 Å². The summed E-state index contributed by atoms with van der Waals surface area (Å²) in [6.45, 7) is 4.67. The van der Waals surface area contributed by atoms with Gasteiger partial charge in [-0.15, -0.1) is 0 Å². The van der Waals surface area contributed by atoms with Crippen molar-refractivity contribution in [1.82, 2.24) is 10.1 Å². The van der Waals surface area contributed by atoms with E-state index in [2.05, 4.69) is 17.1 Å². The molecule has 1 aromatic rings. The van der Waals surface area contributed by atoms with Crippen molar-refractivity contribution < 1.29 is 9.26 Å². The van der Waals surface area contributed by atoms with Crippen molar-refractivity contribution in [3.63, 3.8) is 0 Å². The lowest BCUT2D eigenvalue weighted by Crippen LogP contribution is -2.23. The Morgan fingerprint density at radius 1 is 1.53 bits per heavy atom. The predicted molar refractivity (Wildman–Crippen MR) is 56.3 cm³/mol. The first-order valence-electron chi connectivity index (χ1n) is 5.26. The van der Waals surface area contributed by atoms with E-state index >= 15 is 0 Å². The predicted octanol–water partition coefficient (Wildman–Crippen LogP) is 1.30. The topological polar surface area (TPSA) is 74.2 Å². The third-order valence-corrected chi connectivity index (χ3v) is 2.29. The molecule has 0 spiro atoms. The van der Waals surface area contributed by atoms with Crippen LogP contribution in [-0.2, 0) is 11.2 Å². The SMILES string of the molecule is CCCc1nc(C(N)C(C)COC)no1. The van der Waals surface area contributed by atoms with Gasteiger partial charge in [-0.25, -0.2) is 0 Å². The molecule has 1 heterocycles. The van der Waals surface area contributed by atoms with E-state index in [1.54, 1.807) is 7.11 Å². The van der Waals surface area contributed by atoms with Crippen molar-refractivity contribution in [3.8, 4) is 0 Å². The monoisotopic (exact) mass is 213 g/mol. The number of nitrogens with two attached hydrogens (primary N) is 1. The van der Waals surface area contributed by atoms with E-state index < -0.39 is 0 Å². The minimum atomic E-state index is -0.223. The van der Waals surface area contributed by atoms with Crippen molar-refractivity contribution in [2.24, 2.45) is 11.7 Å². The molecule has 0 aliphatic carbocycles. The molecule has 0 aliphatic rings. The van der Waals surface area contributed by atoms with E-state index in [1.807, 2.05) is 6.92 Å². The highest BCUT2D eigenvalue weighted by molar-refractivity contribution is 4.94. The maximum absolute atomic E-state index is 5.97. The van der Waals surface area contributed by atoms with Crippen LogP contribution in [0.25, 0.3) is 0 Å². The minimum Gasteiger partial charge on any atom is -0.384 e. The van der Waals surface area contributed by atoms with Crippen LogP contribution >= 0.6 is 0 Å². The van der Waals surface area contributed by atoms with Crippen LogP contribution in [0.15, 0.2) is 4.52 Å². The van der Waals surface area contributed by atoms with Crippen LogP contribution in [0.2, 0.25) is 0 Å². The fraction of sp³-hybridized carbons (Fsp3) is 0.800. The second-order valence-electron chi connectivity index (χ2n) is 3.75. The molecule has 0 aromatic carbocycles. The lowest BCUT2D eigenvalue weighted by molar-refractivity contribution is 0.145. The lowest BCUT2D eigenvalue weighted by atomic mass is 10.0. The molecule has 0 aliphatic heterocycles. The largest absolute Gasteiger partial charge is 0.384 e. The normalized spacial score (nSPS) is 15.2. The van der Waals surface area contributed by atoms with E-state index in [0.717, 1.165) is 12.8 Å². The zero-order valence-electron chi connectivity index (χ0n) is 9.56. The van der Waals surface area contributed by atoms with Gasteiger partial charge in [-0.2, -0.15) is 4.98 Å². The first-order chi connectivity index (χ1) is 7.19. The summed E-state index contributed by atoms with van der Waals surface area (Å²) in [5, 5.41) is 3.87. The Hall–Kier alpha value is -0.940. The highest BCUT2D eigenvalue weighted by Gasteiger charge is 2.20. The summed E-state index contributed by atoms with van der Waals surface area (Å²) in [6.07, 6.45) is 1.79. The Kier molecular flexibility index (Phi) is 4.71. The fourth-order valence-corrected chi connectivity index (χ4v) is 1.34. The van der Waals surface area contributed by atoms with Gasteiger partial charge in [0.1, 0.15) is 0 Å². The van der Waals surface area contributed by atoms with Crippen LogP contribution < -0.4 is 5.73 Å². The maximum Gasteiger partial charge on any atom is 0.226 e. The summed E-state index contributed by atoms with van der Waals surface area (Å²) in [5.74, 6) is 1.41. The van der Waals surface area contributed by atoms with Crippen molar-refractivity contribution in [3.05, 3.63) is 11.7 Å². The lowest BCUT2D eigenvalue weighted by Gasteiger charge is -2.14. The summed E-state index contributed by atoms with van der Waals surface area (Å²) in [6, 6.07) is -0.223. The molecular weight excluding hydrogens is 194 g/mol. The molecule has 2 atom stereocenters. The molecule has 15 heavy (non-hydrogen) atoms. The van der Waals surface area contributed by atoms with E-state index in [1.165, 1.54) is 0 Å². The van der Waals surface area contributed by atoms with Crippen molar-refractivity contribution in [1.29, 1.82) is 0 Å². The van der Waals surface area contributed by atoms with Gasteiger partial charge in [-0.1, -0.05) is 19.0 Å². The van der Waals surface area contributed by atoms with Crippen molar-refractivity contribution in [2.45, 2.75) is 32.7 Å². The van der Waals surface area contributed by atoms with Crippen molar-refractivity contribution in [2.75, 3.05) is 13.7 Å². The standard InChI is InChI=1S/C10H19N3O2/c1-4-5-8-12-10(13-15-8)9(11)7(2)6-14-3/h7,9H,4-6,11H2,1-3H3. The molecule has 5 heteroatoms. The molecule has 2 unspecified atom stereocenters. The summed E-state index contributed by atoms with van der Waals surface area (Å²) >= 11 is 0. The van der Waals surface area contributed by atoms with Crippen LogP contribution in [0, 0.1) is 5.92 Å². The Bertz CT molecular complexity index is 288. The fourth-order valence-electron chi connectivity index (χ4n) is 1.34. The van der Waals surface area contributed by atoms with E-state index in [-0.39, 0.29) is 12.0 Å². The molecule has 1 aromatic heterocycles. The average Bonchev–Trinajstić information content (AvgIpc) is 2.66. The van der Waals surface area contributed by atoms with Gasteiger partial charge in [0.25, 0.3) is 0 Å². The quantitative estimate of drug-likeness (QED) is 0.771. The molecule has 0 saturated heterocycles. The van der Waals surface area contributed by atoms with Crippen LogP contribution in [0.5, 0.6) is 0 Å². The van der Waals surface area contributed by atoms with Gasteiger partial charge in [0.2, 0.25) is 5.89 Å². The van der Waals surface area contributed by atoms with E-state index in [4.69, 9.17) is 15.0 Å². The number of methoxy groups -OCH3 is 1. The average molecular weight is 213 g/mol. The summed E-state index contributed by atoms with van der Waals surface area (Å²) < 4.78 is 10.1. The van der Waals surface area contributed by atoms with E-state index in [9.17, 15) is 0 Å². The second kappa shape index (κ2) is 5.82. The second-order valence-corrected chi connectivity index (χ2v) is 3.75. The molecule has 5 nitrogen and oxygen atoms in total. The summed E-state index contributed by atoms with van der Waals surface area (Å²) in [7, 11) is 1.65. The Labute approximate surface area is 90.0 Å². The molecule has 0 radical (unpaired) electrons. The Morgan fingerprint density at radius 2 is 2.27 bits per heavy atom. The minimum absolute atomic E-state index is 0.182. The van der Waals surface area contributed by atoms with Crippen LogP contribution in [0.4, 0.5) is 0 Å². The van der Waals surface area contributed by atoms with Crippen LogP contribution in [0.1, 0.15) is 38.0 Å². The molecule has 0 fully saturated rings. The number of ether oxygens (including phenoxy) is 1. The number of nitrogens with zero attached hydrogens (tertiary/aromatic N) is 2. The third-order valence-electron chi connectivity index (χ3n) is 2.29. The van der Waals surface area contributed by atoms with Gasteiger partial charge in [-0.3, -0.25) is 0 Å². The highest BCUT2D eigenvalue weighted by Crippen LogP contribution is 2.16. The number of hydrogen-bond acceptors (Lipinski definition) is 5. The van der Waals surface area contributed by atoms with Crippen LogP contribution in [-0.4, -0.2) is 23.9 Å². The summed E-state index contributed by atoms with van der Waals surface area (Å²) in [5.41, 5.74) is 5.97. The first-order valence-corrected chi connectivity index (χ1v) is 5.26. The zero-order valence-corrected chi connectivity index (χ0v) is 9.56. The molecule has 0 amide bonds. The smallest absolute Gasteiger partial charge is 0.226 e. The number of rotatable bonds is 6. The van der Waals surface area contributed by atoms with Gasteiger partial charge >= 0.3 is 0 Å². The number of aromatic nitrogens is 2. The van der Waals surface area contributed by atoms with E-state index in [0.29, 0.717) is 18.3 Å². The zero-order chi connectivity index (χ0) is 11.3. The molecule has 0 saturated carbocycles. The first kappa shape index (κ1) is 12.1. The van der Waals surface area contributed by atoms with Gasteiger partial charge in [0, 0.05) is 19.4 Å². The summed E-state index contributed by atoms with van der Waals surface area (Å²) in [4.78, 5) is 4.24. The Balaban J connectivity index is 2.60. The maximum atomic E-state index is 5.97. The molecule has 2 N–H and O–H groups in total. The van der Waals surface area contributed by atoms with Crippen LogP contribution in [0.3, 0.4) is 0 Å².